The van der Waals surface area contributed by atoms with Gasteiger partial charge in [-0.15, -0.1) is 6.58 Å². The highest BCUT2D eigenvalue weighted by atomic mass is 16.6. The Balaban J connectivity index is 1.96. The van der Waals surface area contributed by atoms with Crippen LogP contribution in [0, 0.1) is 17.8 Å². The Hall–Kier alpha value is -1.32. The first kappa shape index (κ1) is 19.0. The van der Waals surface area contributed by atoms with Crippen LogP contribution in [0.25, 0.3) is 0 Å². The molecule has 136 valence electrons. The van der Waals surface area contributed by atoms with Crippen LogP contribution in [-0.2, 0) is 19.1 Å². The van der Waals surface area contributed by atoms with Crippen LogP contribution in [0.2, 0.25) is 0 Å². The van der Waals surface area contributed by atoms with Crippen LogP contribution in [0.3, 0.4) is 0 Å². The standard InChI is InChI=1S/C20H32O4/c1-4-5-11-16-12-8-13-20(16,2)24-18(21)14-17(19(22)23-3)15-9-6-7-10-15/h4,15-17H,1,5-14H2,2-3H3/t16-,17+,20-/m1/s1. The molecule has 2 aliphatic carbocycles. The highest BCUT2D eigenvalue weighted by Gasteiger charge is 2.42. The lowest BCUT2D eigenvalue weighted by molar-refractivity contribution is -0.167. The number of hydrogen-bond donors (Lipinski definition) is 0. The van der Waals surface area contributed by atoms with Crippen LogP contribution in [0.1, 0.15) is 71.1 Å². The molecule has 2 fully saturated rings. The zero-order chi connectivity index (χ0) is 17.6. The molecule has 24 heavy (non-hydrogen) atoms. The molecule has 0 amide bonds. The van der Waals surface area contributed by atoms with Crippen molar-refractivity contribution in [1.82, 2.24) is 0 Å². The second kappa shape index (κ2) is 8.68. The van der Waals surface area contributed by atoms with E-state index in [9.17, 15) is 9.59 Å². The lowest BCUT2D eigenvalue weighted by Crippen LogP contribution is -2.37. The summed E-state index contributed by atoms with van der Waals surface area (Å²) in [6.07, 6.45) is 11.4. The van der Waals surface area contributed by atoms with Gasteiger partial charge in [0.2, 0.25) is 0 Å². The molecular weight excluding hydrogens is 304 g/mol. The maximum absolute atomic E-state index is 12.6. The molecular formula is C20H32O4. The van der Waals surface area contributed by atoms with Gasteiger partial charge in [-0.3, -0.25) is 9.59 Å². The summed E-state index contributed by atoms with van der Waals surface area (Å²) < 4.78 is 10.8. The van der Waals surface area contributed by atoms with E-state index in [1.807, 2.05) is 13.0 Å². The Morgan fingerprint density at radius 2 is 1.96 bits per heavy atom. The summed E-state index contributed by atoms with van der Waals surface area (Å²) in [5.74, 6) is -0.203. The summed E-state index contributed by atoms with van der Waals surface area (Å²) in [7, 11) is 1.40. The highest BCUT2D eigenvalue weighted by molar-refractivity contribution is 5.80. The minimum absolute atomic E-state index is 0.154. The minimum atomic E-state index is -0.392. The first-order chi connectivity index (χ1) is 11.5. The number of allylic oxidation sites excluding steroid dienone is 1. The smallest absolute Gasteiger partial charge is 0.309 e. The van der Waals surface area contributed by atoms with Crippen LogP contribution in [0.4, 0.5) is 0 Å². The van der Waals surface area contributed by atoms with Crippen molar-refractivity contribution in [3.8, 4) is 0 Å². The van der Waals surface area contributed by atoms with Gasteiger partial charge in [0.1, 0.15) is 5.60 Å². The summed E-state index contributed by atoms with van der Waals surface area (Å²) in [5, 5.41) is 0. The molecule has 0 radical (unpaired) electrons. The molecule has 0 aromatic carbocycles. The van der Waals surface area contributed by atoms with Crippen LogP contribution in [0.5, 0.6) is 0 Å². The lowest BCUT2D eigenvalue weighted by atomic mass is 9.87. The predicted molar refractivity (Wildman–Crippen MR) is 93.4 cm³/mol. The van der Waals surface area contributed by atoms with Gasteiger partial charge in [0.25, 0.3) is 0 Å². The topological polar surface area (TPSA) is 52.6 Å². The number of hydrogen-bond acceptors (Lipinski definition) is 4. The van der Waals surface area contributed by atoms with Crippen LogP contribution in [-0.4, -0.2) is 24.6 Å². The van der Waals surface area contributed by atoms with Gasteiger partial charge in [0, 0.05) is 0 Å². The molecule has 2 saturated carbocycles. The fourth-order valence-corrected chi connectivity index (χ4v) is 4.55. The van der Waals surface area contributed by atoms with E-state index in [1.54, 1.807) is 0 Å². The van der Waals surface area contributed by atoms with Crippen LogP contribution < -0.4 is 0 Å². The quantitative estimate of drug-likeness (QED) is 0.486. The van der Waals surface area contributed by atoms with Crippen molar-refractivity contribution >= 4 is 11.9 Å². The molecule has 4 heteroatoms. The monoisotopic (exact) mass is 336 g/mol. The zero-order valence-electron chi connectivity index (χ0n) is 15.2. The molecule has 2 rings (SSSR count). The Morgan fingerprint density at radius 1 is 1.25 bits per heavy atom. The van der Waals surface area contributed by atoms with E-state index in [1.165, 1.54) is 7.11 Å². The van der Waals surface area contributed by atoms with E-state index in [0.29, 0.717) is 5.92 Å². The van der Waals surface area contributed by atoms with Gasteiger partial charge in [-0.05, 0) is 63.7 Å². The van der Waals surface area contributed by atoms with Crippen molar-refractivity contribution in [1.29, 1.82) is 0 Å². The lowest BCUT2D eigenvalue weighted by Gasteiger charge is -2.32. The van der Waals surface area contributed by atoms with Crippen LogP contribution in [0.15, 0.2) is 12.7 Å². The molecule has 0 aromatic rings. The van der Waals surface area contributed by atoms with Gasteiger partial charge in [-0.2, -0.15) is 0 Å². The molecule has 0 bridgehead atoms. The first-order valence-electron chi connectivity index (χ1n) is 9.40. The van der Waals surface area contributed by atoms with Gasteiger partial charge in [-0.25, -0.2) is 0 Å². The number of methoxy groups -OCH3 is 1. The second-order valence-electron chi connectivity index (χ2n) is 7.62. The molecule has 0 aliphatic heterocycles. The number of carbonyl (C=O) groups excluding carboxylic acids is 2. The molecule has 0 unspecified atom stereocenters. The van der Waals surface area contributed by atoms with Crippen molar-refractivity contribution in [2.75, 3.05) is 7.11 Å². The molecule has 0 spiro atoms. The molecule has 0 saturated heterocycles. The Kier molecular flexibility index (Phi) is 6.88. The minimum Gasteiger partial charge on any atom is -0.469 e. The van der Waals surface area contributed by atoms with Gasteiger partial charge in [-0.1, -0.05) is 18.9 Å². The molecule has 4 nitrogen and oxygen atoms in total. The fourth-order valence-electron chi connectivity index (χ4n) is 4.55. The molecule has 0 N–H and O–H groups in total. The van der Waals surface area contributed by atoms with Crippen molar-refractivity contribution in [2.24, 2.45) is 17.8 Å². The van der Waals surface area contributed by atoms with Gasteiger partial charge in [0.15, 0.2) is 0 Å². The maximum Gasteiger partial charge on any atom is 0.309 e. The maximum atomic E-state index is 12.6. The third-order valence-electron chi connectivity index (χ3n) is 6.01. The normalized spacial score (nSPS) is 28.5. The average Bonchev–Trinajstić information content (AvgIpc) is 3.20. The zero-order valence-corrected chi connectivity index (χ0v) is 15.2. The number of ether oxygens (including phenoxy) is 2. The number of carbonyl (C=O) groups is 2. The second-order valence-corrected chi connectivity index (χ2v) is 7.62. The van der Waals surface area contributed by atoms with Gasteiger partial charge < -0.3 is 9.47 Å². The average molecular weight is 336 g/mol. The van der Waals surface area contributed by atoms with E-state index in [4.69, 9.17) is 9.47 Å². The number of rotatable bonds is 8. The Morgan fingerprint density at radius 3 is 2.58 bits per heavy atom. The third-order valence-corrected chi connectivity index (χ3v) is 6.01. The van der Waals surface area contributed by atoms with Crippen molar-refractivity contribution in [2.45, 2.75) is 76.7 Å². The fraction of sp³-hybridized carbons (Fsp3) is 0.800. The largest absolute Gasteiger partial charge is 0.469 e. The van der Waals surface area contributed by atoms with E-state index < -0.39 is 5.60 Å². The van der Waals surface area contributed by atoms with Gasteiger partial charge >= 0.3 is 11.9 Å². The number of esters is 2. The van der Waals surface area contributed by atoms with Crippen molar-refractivity contribution < 1.29 is 19.1 Å². The van der Waals surface area contributed by atoms with Crippen LogP contribution >= 0.6 is 0 Å². The van der Waals surface area contributed by atoms with Crippen molar-refractivity contribution in [3.05, 3.63) is 12.7 Å². The SMILES string of the molecule is C=CCC[C@@H]1CCC[C@@]1(C)OC(=O)C[C@H](C(=O)OC)C1CCCC1. The first-order valence-corrected chi connectivity index (χ1v) is 9.40. The summed E-state index contributed by atoms with van der Waals surface area (Å²) in [5.41, 5.74) is -0.392. The van der Waals surface area contributed by atoms with Gasteiger partial charge in [0.05, 0.1) is 19.4 Å². The molecule has 0 heterocycles. The molecule has 3 atom stereocenters. The van der Waals surface area contributed by atoms with E-state index in [-0.39, 0.29) is 30.2 Å². The van der Waals surface area contributed by atoms with E-state index in [0.717, 1.165) is 57.8 Å². The molecule has 2 aliphatic rings. The summed E-state index contributed by atoms with van der Waals surface area (Å²) in [6.45, 7) is 5.83. The molecule has 0 aromatic heterocycles. The predicted octanol–water partition coefficient (Wildman–Crippen LogP) is 4.42. The third kappa shape index (κ3) is 4.61. The highest BCUT2D eigenvalue weighted by Crippen LogP contribution is 2.42. The Bertz CT molecular complexity index is 453. The Labute approximate surface area is 146 Å². The summed E-state index contributed by atoms with van der Waals surface area (Å²) >= 11 is 0. The van der Waals surface area contributed by atoms with E-state index >= 15 is 0 Å². The summed E-state index contributed by atoms with van der Waals surface area (Å²) in [4.78, 5) is 24.7. The van der Waals surface area contributed by atoms with E-state index in [2.05, 4.69) is 6.58 Å². The van der Waals surface area contributed by atoms with Crippen molar-refractivity contribution in [3.63, 3.8) is 0 Å². The summed E-state index contributed by atoms with van der Waals surface area (Å²) in [6, 6.07) is 0.